The van der Waals surface area contributed by atoms with E-state index in [1.54, 1.807) is 0 Å². The Hall–Kier alpha value is -2.18. The van der Waals surface area contributed by atoms with Crippen molar-refractivity contribution in [3.05, 3.63) is 59.2 Å². The van der Waals surface area contributed by atoms with E-state index in [0.29, 0.717) is 30.3 Å². The fraction of sp³-hybridized carbons (Fsp3) is 0.429. The molecule has 0 saturated carbocycles. The summed E-state index contributed by atoms with van der Waals surface area (Å²) in [5.41, 5.74) is 1.36. The van der Waals surface area contributed by atoms with Crippen molar-refractivity contribution < 1.29 is 18.3 Å². The lowest BCUT2D eigenvalue weighted by Crippen LogP contribution is -2.45. The number of nitrogens with zero attached hydrogens (tertiary/aromatic N) is 1. The summed E-state index contributed by atoms with van der Waals surface area (Å²) in [6.45, 7) is 8.08. The molecular formula is C21H26F2N2O2. The van der Waals surface area contributed by atoms with Crippen LogP contribution in [-0.4, -0.2) is 44.3 Å². The quantitative estimate of drug-likeness (QED) is 0.798. The number of ether oxygens (including phenoxy) is 2. The van der Waals surface area contributed by atoms with Gasteiger partial charge in [0.1, 0.15) is 11.6 Å². The molecular weight excluding hydrogens is 350 g/mol. The van der Waals surface area contributed by atoms with E-state index in [0.717, 1.165) is 37.8 Å². The van der Waals surface area contributed by atoms with Crippen molar-refractivity contribution in [1.29, 1.82) is 0 Å². The first kappa shape index (κ1) is 19.6. The first-order valence-corrected chi connectivity index (χ1v) is 9.43. The molecule has 0 radical (unpaired) electrons. The van der Waals surface area contributed by atoms with Gasteiger partial charge in [-0.15, -0.1) is 0 Å². The highest BCUT2D eigenvalue weighted by molar-refractivity contribution is 5.46. The predicted octanol–water partition coefficient (Wildman–Crippen LogP) is 3.76. The van der Waals surface area contributed by atoms with Crippen molar-refractivity contribution in [2.75, 3.05) is 39.4 Å². The van der Waals surface area contributed by atoms with Crippen LogP contribution in [0.2, 0.25) is 0 Å². The maximum atomic E-state index is 14.7. The van der Waals surface area contributed by atoms with Gasteiger partial charge in [0, 0.05) is 37.8 Å². The van der Waals surface area contributed by atoms with Crippen molar-refractivity contribution in [1.82, 2.24) is 10.2 Å². The highest BCUT2D eigenvalue weighted by Gasteiger charge is 2.27. The van der Waals surface area contributed by atoms with Crippen molar-refractivity contribution >= 4 is 0 Å². The second kappa shape index (κ2) is 9.15. The van der Waals surface area contributed by atoms with Crippen LogP contribution in [0.15, 0.2) is 36.4 Å². The summed E-state index contributed by atoms with van der Waals surface area (Å²) in [6, 6.07) is 9.18. The first-order valence-electron chi connectivity index (χ1n) is 9.43. The van der Waals surface area contributed by atoms with Crippen molar-refractivity contribution in [2.24, 2.45) is 0 Å². The average molecular weight is 376 g/mol. The van der Waals surface area contributed by atoms with Crippen LogP contribution in [0.25, 0.3) is 0 Å². The van der Waals surface area contributed by atoms with Gasteiger partial charge in [-0.25, -0.2) is 8.78 Å². The Bertz CT molecular complexity index is 764. The van der Waals surface area contributed by atoms with Crippen LogP contribution in [0.5, 0.6) is 11.5 Å². The summed E-state index contributed by atoms with van der Waals surface area (Å²) in [5.74, 6) is 0.198. The molecule has 0 aromatic heterocycles. The van der Waals surface area contributed by atoms with E-state index in [9.17, 15) is 8.78 Å². The lowest BCUT2D eigenvalue weighted by atomic mass is 9.95. The fourth-order valence-corrected chi connectivity index (χ4v) is 3.49. The standard InChI is InChI=1S/C21H26F2N2O2/c1-3-26-19-8-5-15(13-20(19)27-4-2)21(25-11-9-24-10-12-25)17-7-6-16(22)14-18(17)23/h5-8,13-14,21,24H,3-4,9-12H2,1-2H3. The second-order valence-corrected chi connectivity index (χ2v) is 6.43. The molecule has 0 spiro atoms. The normalized spacial score (nSPS) is 16.1. The molecule has 1 heterocycles. The molecule has 1 N–H and O–H groups in total. The molecule has 0 aliphatic carbocycles. The first-order chi connectivity index (χ1) is 13.1. The van der Waals surface area contributed by atoms with Crippen molar-refractivity contribution in [2.45, 2.75) is 19.9 Å². The molecule has 1 saturated heterocycles. The van der Waals surface area contributed by atoms with Gasteiger partial charge in [-0.3, -0.25) is 4.90 Å². The maximum Gasteiger partial charge on any atom is 0.161 e. The topological polar surface area (TPSA) is 33.7 Å². The zero-order valence-electron chi connectivity index (χ0n) is 15.8. The Morgan fingerprint density at radius 2 is 1.67 bits per heavy atom. The molecule has 3 rings (SSSR count). The molecule has 2 aromatic rings. The van der Waals surface area contributed by atoms with Gasteiger partial charge in [0.2, 0.25) is 0 Å². The highest BCUT2D eigenvalue weighted by Crippen LogP contribution is 2.36. The summed E-state index contributed by atoms with van der Waals surface area (Å²) in [7, 11) is 0. The molecule has 1 atom stereocenters. The minimum Gasteiger partial charge on any atom is -0.490 e. The van der Waals surface area contributed by atoms with Crippen LogP contribution in [-0.2, 0) is 0 Å². The number of hydrogen-bond donors (Lipinski definition) is 1. The summed E-state index contributed by atoms with van der Waals surface area (Å²) < 4.78 is 39.5. The Morgan fingerprint density at radius 3 is 2.33 bits per heavy atom. The minimum atomic E-state index is -0.572. The fourth-order valence-electron chi connectivity index (χ4n) is 3.49. The molecule has 146 valence electrons. The average Bonchev–Trinajstić information content (AvgIpc) is 2.67. The van der Waals surface area contributed by atoms with Gasteiger partial charge in [-0.1, -0.05) is 12.1 Å². The van der Waals surface area contributed by atoms with Gasteiger partial charge < -0.3 is 14.8 Å². The van der Waals surface area contributed by atoms with Gasteiger partial charge >= 0.3 is 0 Å². The molecule has 6 heteroatoms. The lowest BCUT2D eigenvalue weighted by molar-refractivity contribution is 0.194. The van der Waals surface area contributed by atoms with E-state index in [-0.39, 0.29) is 6.04 Å². The van der Waals surface area contributed by atoms with Crippen LogP contribution in [0, 0.1) is 11.6 Å². The van der Waals surface area contributed by atoms with Gasteiger partial charge in [0.05, 0.1) is 19.3 Å². The molecule has 27 heavy (non-hydrogen) atoms. The monoisotopic (exact) mass is 376 g/mol. The van der Waals surface area contributed by atoms with Crippen LogP contribution < -0.4 is 14.8 Å². The lowest BCUT2D eigenvalue weighted by Gasteiger charge is -2.36. The van der Waals surface area contributed by atoms with Crippen molar-refractivity contribution in [3.8, 4) is 11.5 Å². The summed E-state index contributed by atoms with van der Waals surface area (Å²) in [5, 5.41) is 3.31. The number of piperazine rings is 1. The molecule has 0 amide bonds. The zero-order valence-corrected chi connectivity index (χ0v) is 15.8. The number of nitrogens with one attached hydrogen (secondary N) is 1. The molecule has 0 bridgehead atoms. The Balaban J connectivity index is 2.05. The van der Waals surface area contributed by atoms with Crippen LogP contribution >= 0.6 is 0 Å². The number of rotatable bonds is 7. The molecule has 1 aliphatic heterocycles. The number of hydrogen-bond acceptors (Lipinski definition) is 4. The highest BCUT2D eigenvalue weighted by atomic mass is 19.1. The summed E-state index contributed by atoms with van der Waals surface area (Å²) >= 11 is 0. The predicted molar refractivity (Wildman–Crippen MR) is 101 cm³/mol. The van der Waals surface area contributed by atoms with Gasteiger partial charge in [-0.2, -0.15) is 0 Å². The van der Waals surface area contributed by atoms with E-state index in [4.69, 9.17) is 9.47 Å². The van der Waals surface area contributed by atoms with E-state index in [1.165, 1.54) is 12.1 Å². The molecule has 1 aliphatic rings. The Morgan fingerprint density at radius 1 is 0.963 bits per heavy atom. The van der Waals surface area contributed by atoms with Gasteiger partial charge in [-0.05, 0) is 37.6 Å². The number of halogens is 2. The van der Waals surface area contributed by atoms with Crippen LogP contribution in [0.1, 0.15) is 31.0 Å². The zero-order chi connectivity index (χ0) is 19.2. The summed E-state index contributed by atoms with van der Waals surface area (Å²) in [6.07, 6.45) is 0. The third-order valence-corrected chi connectivity index (χ3v) is 4.66. The SMILES string of the molecule is CCOc1ccc(C(c2ccc(F)cc2F)N2CCNCC2)cc1OCC. The van der Waals surface area contributed by atoms with Crippen LogP contribution in [0.3, 0.4) is 0 Å². The second-order valence-electron chi connectivity index (χ2n) is 6.43. The molecule has 1 fully saturated rings. The largest absolute Gasteiger partial charge is 0.490 e. The Labute approximate surface area is 159 Å². The smallest absolute Gasteiger partial charge is 0.161 e. The molecule has 4 nitrogen and oxygen atoms in total. The van der Waals surface area contributed by atoms with E-state index in [2.05, 4.69) is 10.2 Å². The van der Waals surface area contributed by atoms with Crippen LogP contribution in [0.4, 0.5) is 8.78 Å². The maximum absolute atomic E-state index is 14.7. The molecule has 1 unspecified atom stereocenters. The van der Waals surface area contributed by atoms with E-state index >= 15 is 0 Å². The number of benzene rings is 2. The minimum absolute atomic E-state index is 0.317. The third-order valence-electron chi connectivity index (χ3n) is 4.66. The van der Waals surface area contributed by atoms with Gasteiger partial charge in [0.25, 0.3) is 0 Å². The Kier molecular flexibility index (Phi) is 6.63. The van der Waals surface area contributed by atoms with E-state index in [1.807, 2.05) is 32.0 Å². The molecule has 2 aromatic carbocycles. The third kappa shape index (κ3) is 4.57. The van der Waals surface area contributed by atoms with Crippen molar-refractivity contribution in [3.63, 3.8) is 0 Å². The van der Waals surface area contributed by atoms with Gasteiger partial charge in [0.15, 0.2) is 11.5 Å². The summed E-state index contributed by atoms with van der Waals surface area (Å²) in [4.78, 5) is 2.21. The van der Waals surface area contributed by atoms with E-state index < -0.39 is 11.6 Å².